The minimum atomic E-state index is 0.125. The molecule has 0 amide bonds. The van der Waals surface area contributed by atoms with Gasteiger partial charge in [0, 0.05) is 25.0 Å². The Kier molecular flexibility index (Phi) is 7.55. The summed E-state index contributed by atoms with van der Waals surface area (Å²) in [5.74, 6) is 2.65. The predicted molar refractivity (Wildman–Crippen MR) is 63.1 cm³/mol. The molecule has 0 aromatic rings. The molecular formula is C12H24N2. The third-order valence-electron chi connectivity index (χ3n) is 2.62. The highest BCUT2D eigenvalue weighted by Gasteiger charge is 2.25. The highest BCUT2D eigenvalue weighted by atomic mass is 15.0. The monoisotopic (exact) mass is 196 g/mol. The lowest BCUT2D eigenvalue weighted by Gasteiger charge is -2.33. The summed E-state index contributed by atoms with van der Waals surface area (Å²) >= 11 is 0. The Labute approximate surface area is 88.6 Å². The molecule has 0 aliphatic rings. The molecule has 3 N–H and O–H groups in total. The van der Waals surface area contributed by atoms with E-state index in [1.807, 2.05) is 0 Å². The Morgan fingerprint density at radius 3 is 2.21 bits per heavy atom. The second-order valence-electron chi connectivity index (χ2n) is 3.87. The van der Waals surface area contributed by atoms with E-state index < -0.39 is 0 Å². The maximum Gasteiger partial charge on any atom is 0.0304 e. The Balaban J connectivity index is 4.11. The lowest BCUT2D eigenvalue weighted by atomic mass is 9.88. The first kappa shape index (κ1) is 13.5. The molecule has 0 radical (unpaired) electrons. The lowest BCUT2D eigenvalue weighted by Crippen LogP contribution is -2.51. The van der Waals surface area contributed by atoms with Gasteiger partial charge in [0.05, 0.1) is 0 Å². The quantitative estimate of drug-likeness (QED) is 0.459. The highest BCUT2D eigenvalue weighted by molar-refractivity contribution is 4.91. The smallest absolute Gasteiger partial charge is 0.0304 e. The van der Waals surface area contributed by atoms with Crippen LogP contribution in [0.3, 0.4) is 0 Å². The van der Waals surface area contributed by atoms with E-state index in [9.17, 15) is 0 Å². The molecule has 0 rings (SSSR count). The maximum absolute atomic E-state index is 5.85. The molecule has 0 heterocycles. The van der Waals surface area contributed by atoms with E-state index >= 15 is 0 Å². The third-order valence-corrected chi connectivity index (χ3v) is 2.62. The molecule has 0 aliphatic carbocycles. The van der Waals surface area contributed by atoms with E-state index in [4.69, 9.17) is 12.2 Å². The van der Waals surface area contributed by atoms with Crippen molar-refractivity contribution in [3.8, 4) is 12.3 Å². The average Bonchev–Trinajstić information content (AvgIpc) is 2.19. The summed E-state index contributed by atoms with van der Waals surface area (Å²) in [4.78, 5) is 0. The molecule has 0 unspecified atom stereocenters. The largest absolute Gasteiger partial charge is 0.329 e. The lowest BCUT2D eigenvalue weighted by molar-refractivity contribution is 0.286. The van der Waals surface area contributed by atoms with Gasteiger partial charge in [-0.3, -0.25) is 0 Å². The first-order chi connectivity index (χ1) is 6.74. The third kappa shape index (κ3) is 4.64. The first-order valence-corrected chi connectivity index (χ1v) is 5.63. The fraction of sp³-hybridized carbons (Fsp3) is 0.833. The minimum Gasteiger partial charge on any atom is -0.329 e. The van der Waals surface area contributed by atoms with Crippen LogP contribution in [0.4, 0.5) is 0 Å². The summed E-state index contributed by atoms with van der Waals surface area (Å²) in [5, 5.41) is 3.52. The Bertz CT molecular complexity index is 164. The van der Waals surface area contributed by atoms with Gasteiger partial charge >= 0.3 is 0 Å². The van der Waals surface area contributed by atoms with Crippen LogP contribution in [0.5, 0.6) is 0 Å². The second kappa shape index (κ2) is 7.84. The zero-order valence-corrected chi connectivity index (χ0v) is 9.60. The molecule has 14 heavy (non-hydrogen) atoms. The van der Waals surface area contributed by atoms with Gasteiger partial charge in [0.1, 0.15) is 0 Å². The van der Waals surface area contributed by atoms with Crippen molar-refractivity contribution in [2.75, 3.05) is 13.1 Å². The van der Waals surface area contributed by atoms with Gasteiger partial charge in [-0.05, 0) is 12.8 Å². The van der Waals surface area contributed by atoms with Crippen molar-refractivity contribution in [2.45, 2.75) is 51.5 Å². The molecule has 2 heteroatoms. The number of hydrogen-bond donors (Lipinski definition) is 2. The van der Waals surface area contributed by atoms with Crippen molar-refractivity contribution in [1.82, 2.24) is 5.32 Å². The maximum atomic E-state index is 5.85. The highest BCUT2D eigenvalue weighted by Crippen LogP contribution is 2.18. The van der Waals surface area contributed by atoms with Crippen LogP contribution in [0, 0.1) is 12.3 Å². The van der Waals surface area contributed by atoms with E-state index in [1.165, 1.54) is 12.8 Å². The minimum absolute atomic E-state index is 0.125. The van der Waals surface area contributed by atoms with Gasteiger partial charge in [-0.1, -0.05) is 26.7 Å². The Morgan fingerprint density at radius 1 is 1.29 bits per heavy atom. The van der Waals surface area contributed by atoms with Gasteiger partial charge in [0.25, 0.3) is 0 Å². The summed E-state index contributed by atoms with van der Waals surface area (Å²) in [6, 6.07) is 0. The summed E-state index contributed by atoms with van der Waals surface area (Å²) in [7, 11) is 0. The number of terminal acetylenes is 1. The topological polar surface area (TPSA) is 38.0 Å². The van der Waals surface area contributed by atoms with Crippen LogP contribution in [0.25, 0.3) is 0 Å². The summed E-state index contributed by atoms with van der Waals surface area (Å²) in [6.45, 7) is 5.98. The molecule has 0 spiro atoms. The summed E-state index contributed by atoms with van der Waals surface area (Å²) in [6.07, 6.45) is 10.6. The molecule has 0 aromatic heterocycles. The first-order valence-electron chi connectivity index (χ1n) is 5.63. The van der Waals surface area contributed by atoms with Crippen molar-refractivity contribution in [3.05, 3.63) is 0 Å². The van der Waals surface area contributed by atoms with Crippen LogP contribution < -0.4 is 11.1 Å². The van der Waals surface area contributed by atoms with E-state index in [-0.39, 0.29) is 5.54 Å². The van der Waals surface area contributed by atoms with Gasteiger partial charge < -0.3 is 11.1 Å². The second-order valence-corrected chi connectivity index (χ2v) is 3.87. The van der Waals surface area contributed by atoms with Crippen molar-refractivity contribution in [3.63, 3.8) is 0 Å². The molecule has 0 atom stereocenters. The van der Waals surface area contributed by atoms with Gasteiger partial charge in [0.2, 0.25) is 0 Å². The molecule has 0 bridgehead atoms. The van der Waals surface area contributed by atoms with Gasteiger partial charge in [-0.15, -0.1) is 12.3 Å². The normalized spacial score (nSPS) is 11.3. The number of rotatable bonds is 8. The van der Waals surface area contributed by atoms with Crippen molar-refractivity contribution < 1.29 is 0 Å². The van der Waals surface area contributed by atoms with Crippen LogP contribution in [0.2, 0.25) is 0 Å². The van der Waals surface area contributed by atoms with Crippen LogP contribution in [0.1, 0.15) is 46.0 Å². The van der Waals surface area contributed by atoms with Crippen LogP contribution >= 0.6 is 0 Å². The molecule has 0 fully saturated rings. The van der Waals surface area contributed by atoms with Crippen molar-refractivity contribution >= 4 is 0 Å². The predicted octanol–water partition coefficient (Wildman–Crippen LogP) is 1.90. The molecule has 0 saturated carbocycles. The molecule has 0 saturated heterocycles. The van der Waals surface area contributed by atoms with E-state index in [0.717, 1.165) is 25.8 Å². The fourth-order valence-electron chi connectivity index (χ4n) is 1.94. The zero-order chi connectivity index (χ0) is 10.9. The van der Waals surface area contributed by atoms with Gasteiger partial charge in [-0.2, -0.15) is 0 Å². The number of hydrogen-bond acceptors (Lipinski definition) is 2. The number of nitrogens with one attached hydrogen (secondary N) is 1. The van der Waals surface area contributed by atoms with E-state index in [1.54, 1.807) is 0 Å². The molecule has 2 nitrogen and oxygen atoms in total. The molecule has 82 valence electrons. The van der Waals surface area contributed by atoms with Gasteiger partial charge in [-0.25, -0.2) is 0 Å². The van der Waals surface area contributed by atoms with Crippen molar-refractivity contribution in [1.29, 1.82) is 0 Å². The Hall–Kier alpha value is -0.520. The van der Waals surface area contributed by atoms with Crippen LogP contribution in [0.15, 0.2) is 0 Å². The number of nitrogens with two attached hydrogens (primary N) is 1. The van der Waals surface area contributed by atoms with E-state index in [2.05, 4.69) is 25.1 Å². The Morgan fingerprint density at radius 2 is 1.86 bits per heavy atom. The standard InChI is InChI=1S/C12H24N2/c1-4-7-10-14-12(11-13,8-5-2)9-6-3/h1,14H,5-11,13H2,2-3H3. The van der Waals surface area contributed by atoms with Gasteiger partial charge in [0.15, 0.2) is 0 Å². The molecule has 0 aliphatic heterocycles. The van der Waals surface area contributed by atoms with Crippen LogP contribution in [-0.2, 0) is 0 Å². The zero-order valence-electron chi connectivity index (χ0n) is 9.60. The van der Waals surface area contributed by atoms with Crippen LogP contribution in [-0.4, -0.2) is 18.6 Å². The summed E-state index contributed by atoms with van der Waals surface area (Å²) in [5.41, 5.74) is 5.97. The SMILES string of the molecule is C#CCCNC(CN)(CCC)CCC. The van der Waals surface area contributed by atoms with E-state index in [0.29, 0.717) is 6.54 Å². The van der Waals surface area contributed by atoms with Crippen molar-refractivity contribution in [2.24, 2.45) is 5.73 Å². The molecular weight excluding hydrogens is 172 g/mol. The average molecular weight is 196 g/mol. The summed E-state index contributed by atoms with van der Waals surface area (Å²) < 4.78 is 0. The molecule has 0 aromatic carbocycles. The fourth-order valence-corrected chi connectivity index (χ4v) is 1.94.